The molecule has 0 saturated carbocycles. The molecule has 0 aromatic carbocycles. The van der Waals surface area contributed by atoms with Crippen LogP contribution in [-0.2, 0) is 19.2 Å². The number of nitrogens with zero attached hydrogens (tertiary/aromatic N) is 2. The molecule has 0 spiro atoms. The van der Waals surface area contributed by atoms with E-state index in [-0.39, 0.29) is 13.1 Å². The van der Waals surface area contributed by atoms with Crippen LogP contribution < -0.4 is 43.4 Å². The Hall–Kier alpha value is -2.36. The predicted molar refractivity (Wildman–Crippen MR) is 88.2 cm³/mol. The van der Waals surface area contributed by atoms with Crippen LogP contribution in [0, 0.1) is 0 Å². The van der Waals surface area contributed by atoms with Crippen LogP contribution in [0.4, 0.5) is 0 Å². The molecule has 0 aliphatic carbocycles. The van der Waals surface area contributed by atoms with Crippen molar-refractivity contribution in [3.8, 4) is 0 Å². The molecule has 0 atom stereocenters. The van der Waals surface area contributed by atoms with E-state index in [4.69, 9.17) is 0 Å². The summed E-state index contributed by atoms with van der Waals surface area (Å²) in [6, 6.07) is 0. The first-order valence-corrected chi connectivity index (χ1v) is 8.27. The van der Waals surface area contributed by atoms with E-state index >= 15 is 0 Å². The van der Waals surface area contributed by atoms with Crippen LogP contribution in [-0.4, -0.2) is 101 Å². The van der Waals surface area contributed by atoms with Gasteiger partial charge in [0.25, 0.3) is 0 Å². The topological polar surface area (TPSA) is 278 Å². The molecule has 0 radical (unpaired) electrons. The highest BCUT2D eigenvalue weighted by molar-refractivity contribution is 5.71. The first-order valence-electron chi connectivity index (χ1n) is 8.27. The Morgan fingerprint density at radius 3 is 0.750 bits per heavy atom. The molecule has 0 rings (SSSR count). The number of rotatable bonds is 11. The number of carbonyl (C=O) groups is 4. The quantitative estimate of drug-likeness (QED) is 0.246. The van der Waals surface area contributed by atoms with Crippen LogP contribution in [0.5, 0.6) is 0 Å². The molecule has 0 heterocycles. The van der Waals surface area contributed by atoms with E-state index in [1.54, 1.807) is 28.2 Å². The fourth-order valence-corrected chi connectivity index (χ4v) is 1.44. The van der Waals surface area contributed by atoms with E-state index in [1.807, 2.05) is 0 Å². The van der Waals surface area contributed by atoms with Crippen molar-refractivity contribution in [1.82, 2.24) is 9.80 Å². The van der Waals surface area contributed by atoms with Gasteiger partial charge in [-0.3, -0.25) is 9.80 Å². The van der Waals surface area contributed by atoms with E-state index < -0.39 is 50.1 Å². The minimum atomic E-state index is -1.53. The van der Waals surface area contributed by atoms with Crippen molar-refractivity contribution < 1.29 is 62.5 Å². The molecule has 14 heteroatoms. The number of hydrogen-bond donors (Lipinski definition) is 4. The maximum Gasteiger partial charge on any atom is 0.0634 e. The average Bonchev–Trinajstić information content (AvgIpc) is 2.64. The minimum absolute atomic E-state index is 0.206. The van der Waals surface area contributed by atoms with E-state index in [9.17, 15) is 39.6 Å². The van der Waals surface area contributed by atoms with Crippen LogP contribution in [0.25, 0.3) is 0 Å². The van der Waals surface area contributed by atoms with Crippen molar-refractivity contribution in [3.63, 3.8) is 0 Å². The molecular formula is C14H36N6O8. The Balaban J connectivity index is -0.000000194. The van der Waals surface area contributed by atoms with Gasteiger partial charge in [0, 0.05) is 39.3 Å². The molecular weight excluding hydrogens is 380 g/mol. The van der Waals surface area contributed by atoms with E-state index in [2.05, 4.69) is 22.9 Å². The largest absolute Gasteiger partial charge is 0.549 e. The first-order chi connectivity index (χ1) is 13.2. The number of hydrogen-bond acceptors (Lipinski definition) is 10. The smallest absolute Gasteiger partial charge is 0.0634 e. The minimum Gasteiger partial charge on any atom is -0.549 e. The van der Waals surface area contributed by atoms with Crippen LogP contribution in [0.15, 0.2) is 0 Å². The lowest BCUT2D eigenvalue weighted by Gasteiger charge is -2.28. The first kappa shape index (κ1) is 36.5. The van der Waals surface area contributed by atoms with Gasteiger partial charge in [-0.2, -0.15) is 0 Å². The Bertz CT molecular complexity index is 330. The standard InChI is InChI=1S/C10H16N2O8.4CH5N/c13-7(14)3-11(4-8(15)16)1-2-12(5-9(17)18)6-10(19)20;4*1-2/h1-6H2,(H,13,14)(H,15,16)(H,17,18)(H,19,20);4*2H2,1H3. The highest BCUT2D eigenvalue weighted by Crippen LogP contribution is 1.92. The summed E-state index contributed by atoms with van der Waals surface area (Å²) in [5.74, 6) is -6.12. The van der Waals surface area contributed by atoms with Gasteiger partial charge in [0.05, 0.1) is 52.1 Å². The highest BCUT2D eigenvalue weighted by atomic mass is 16.4. The van der Waals surface area contributed by atoms with Gasteiger partial charge in [0.15, 0.2) is 0 Å². The third-order valence-electron chi connectivity index (χ3n) is 2.14. The maximum atomic E-state index is 10.4. The third-order valence-corrected chi connectivity index (χ3v) is 2.14. The van der Waals surface area contributed by atoms with Gasteiger partial charge < -0.3 is 62.5 Å². The second-order valence-electron chi connectivity index (χ2n) is 3.91. The molecule has 14 nitrogen and oxygen atoms in total. The van der Waals surface area contributed by atoms with Gasteiger partial charge in [0.1, 0.15) is 0 Å². The van der Waals surface area contributed by atoms with Crippen molar-refractivity contribution >= 4 is 23.9 Å². The van der Waals surface area contributed by atoms with E-state index in [0.29, 0.717) is 0 Å². The van der Waals surface area contributed by atoms with Gasteiger partial charge in [0.2, 0.25) is 0 Å². The molecule has 0 aromatic heterocycles. The molecule has 170 valence electrons. The van der Waals surface area contributed by atoms with Gasteiger partial charge in [-0.05, 0) is 0 Å². The van der Waals surface area contributed by atoms with Crippen molar-refractivity contribution in [1.29, 1.82) is 0 Å². The van der Waals surface area contributed by atoms with Gasteiger partial charge in [-0.25, -0.2) is 0 Å². The lowest BCUT2D eigenvalue weighted by molar-refractivity contribution is -0.325. The van der Waals surface area contributed by atoms with Crippen LogP contribution >= 0.6 is 0 Å². The Morgan fingerprint density at radius 2 is 0.643 bits per heavy atom. The second kappa shape index (κ2) is 29.4. The van der Waals surface area contributed by atoms with E-state index in [0.717, 1.165) is 9.80 Å². The van der Waals surface area contributed by atoms with Gasteiger partial charge in [-0.15, -0.1) is 0 Å². The zero-order valence-electron chi connectivity index (χ0n) is 17.2. The third kappa shape index (κ3) is 34.9. The molecule has 12 N–H and O–H groups in total. The summed E-state index contributed by atoms with van der Waals surface area (Å²) in [6.07, 6.45) is 0. The summed E-state index contributed by atoms with van der Waals surface area (Å²) in [5, 5.41) is 41.6. The van der Waals surface area contributed by atoms with Crippen molar-refractivity contribution in [2.45, 2.75) is 0 Å². The van der Waals surface area contributed by atoms with Gasteiger partial charge >= 0.3 is 0 Å². The predicted octanol–water partition coefficient (Wildman–Crippen LogP) is -12.0. The van der Waals surface area contributed by atoms with Crippen LogP contribution in [0.3, 0.4) is 0 Å². The lowest BCUT2D eigenvalue weighted by atomic mass is 10.4. The number of aliphatic carboxylic acids is 4. The molecule has 0 aliphatic heterocycles. The fraction of sp³-hybridized carbons (Fsp3) is 0.714. The fourth-order valence-electron chi connectivity index (χ4n) is 1.44. The summed E-state index contributed by atoms with van der Waals surface area (Å²) in [4.78, 5) is 43.4. The summed E-state index contributed by atoms with van der Waals surface area (Å²) in [7, 11) is 7.00. The average molecular weight is 416 g/mol. The van der Waals surface area contributed by atoms with Gasteiger partial charge in [-0.1, -0.05) is 0 Å². The number of carboxylic acids is 4. The maximum absolute atomic E-state index is 10.4. The molecule has 0 saturated heterocycles. The Labute approximate surface area is 164 Å². The Kier molecular flexibility index (Phi) is 38.4. The van der Waals surface area contributed by atoms with Crippen LogP contribution in [0.1, 0.15) is 0 Å². The lowest BCUT2D eigenvalue weighted by Crippen LogP contribution is -2.50. The molecule has 0 aromatic rings. The van der Waals surface area contributed by atoms with Crippen LogP contribution in [0.2, 0.25) is 0 Å². The highest BCUT2D eigenvalue weighted by Gasteiger charge is 2.10. The Morgan fingerprint density at radius 1 is 0.500 bits per heavy atom. The molecule has 0 aliphatic rings. The number of carbonyl (C=O) groups excluding carboxylic acids is 4. The zero-order valence-corrected chi connectivity index (χ0v) is 17.2. The van der Waals surface area contributed by atoms with Crippen molar-refractivity contribution in [2.75, 3.05) is 67.5 Å². The SMILES string of the molecule is C[NH3+].C[NH3+].C[NH3+].C[NH3+].O=C([O-])CN(CCN(CC(=O)[O-])CC(=O)[O-])CC(=O)[O-]. The molecule has 28 heavy (non-hydrogen) atoms. The molecule has 0 unspecified atom stereocenters. The summed E-state index contributed by atoms with van der Waals surface area (Å²) in [6.45, 7) is -3.25. The summed E-state index contributed by atoms with van der Waals surface area (Å²) >= 11 is 0. The summed E-state index contributed by atoms with van der Waals surface area (Å²) in [5.41, 5.74) is 13.0. The normalized spacial score (nSPS) is 8.50. The monoisotopic (exact) mass is 416 g/mol. The van der Waals surface area contributed by atoms with E-state index in [1.165, 1.54) is 0 Å². The molecule has 0 bridgehead atoms. The number of quaternary nitrogens is 4. The number of carboxylic acid groups (broad SMARTS) is 4. The summed E-state index contributed by atoms with van der Waals surface area (Å²) < 4.78 is 0. The zero-order chi connectivity index (χ0) is 23.7. The molecule has 0 fully saturated rings. The second-order valence-corrected chi connectivity index (χ2v) is 3.91. The molecule has 0 amide bonds. The van der Waals surface area contributed by atoms with Crippen molar-refractivity contribution in [2.24, 2.45) is 0 Å². The van der Waals surface area contributed by atoms with Crippen molar-refractivity contribution in [3.05, 3.63) is 0 Å².